The minimum Gasteiger partial charge on any atom is -0.477 e. The zero-order valence-electron chi connectivity index (χ0n) is 7.09. The van der Waals surface area contributed by atoms with Gasteiger partial charge in [0.1, 0.15) is 11.4 Å². The minimum absolute atomic E-state index is 0.160. The molecule has 0 radical (unpaired) electrons. The maximum absolute atomic E-state index is 13.0. The van der Waals surface area contributed by atoms with Crippen molar-refractivity contribution in [2.45, 2.75) is 13.3 Å². The Hall–Kier alpha value is -1.59. The van der Waals surface area contributed by atoms with Crippen molar-refractivity contribution in [2.24, 2.45) is 0 Å². The Bertz CT molecular complexity index is 379. The number of aryl methyl sites for hydroxylation is 1. The first kappa shape index (κ1) is 10.5. The molecular weight excluding hydrogens is 199 g/mol. The summed E-state index contributed by atoms with van der Waals surface area (Å²) in [7, 11) is 0. The Morgan fingerprint density at radius 3 is 2.57 bits per heavy atom. The molecule has 0 aliphatic heterocycles. The van der Waals surface area contributed by atoms with E-state index >= 15 is 0 Å². The average molecular weight is 205 g/mol. The Morgan fingerprint density at radius 2 is 2.14 bits per heavy atom. The SMILES string of the molecule is Cc1cc(C(=O)O)nc(C(F)F)c1F. The third-order valence-electron chi connectivity index (χ3n) is 1.59. The molecule has 76 valence electrons. The second kappa shape index (κ2) is 3.65. The standard InChI is InChI=1S/C8H6F3NO2/c1-3-2-4(8(13)14)12-6(5(3)9)7(10)11/h2,7H,1H3,(H,13,14). The van der Waals surface area contributed by atoms with Crippen LogP contribution in [0.15, 0.2) is 6.07 Å². The summed E-state index contributed by atoms with van der Waals surface area (Å²) >= 11 is 0. The number of aromatic carboxylic acids is 1. The van der Waals surface area contributed by atoms with E-state index in [1.165, 1.54) is 6.92 Å². The molecule has 0 aliphatic rings. The molecular formula is C8H6F3NO2. The molecule has 0 saturated heterocycles. The minimum atomic E-state index is -3.12. The van der Waals surface area contributed by atoms with Gasteiger partial charge in [-0.3, -0.25) is 0 Å². The molecule has 0 atom stereocenters. The van der Waals surface area contributed by atoms with Gasteiger partial charge in [-0.2, -0.15) is 0 Å². The van der Waals surface area contributed by atoms with Gasteiger partial charge < -0.3 is 5.11 Å². The number of carboxylic acids is 1. The highest BCUT2D eigenvalue weighted by Crippen LogP contribution is 2.22. The normalized spacial score (nSPS) is 10.6. The number of pyridine rings is 1. The molecule has 1 aromatic rings. The molecule has 1 N–H and O–H groups in total. The van der Waals surface area contributed by atoms with Crippen LogP contribution in [-0.2, 0) is 0 Å². The van der Waals surface area contributed by atoms with Crippen LogP contribution in [0, 0.1) is 12.7 Å². The lowest BCUT2D eigenvalue weighted by Gasteiger charge is -2.04. The molecule has 0 saturated carbocycles. The van der Waals surface area contributed by atoms with E-state index in [4.69, 9.17) is 5.11 Å². The quantitative estimate of drug-likeness (QED) is 0.804. The fraction of sp³-hybridized carbons (Fsp3) is 0.250. The summed E-state index contributed by atoms with van der Waals surface area (Å²) in [5.74, 6) is -2.62. The molecule has 1 rings (SSSR count). The van der Waals surface area contributed by atoms with Crippen LogP contribution in [0.4, 0.5) is 13.2 Å². The molecule has 0 bridgehead atoms. The number of nitrogens with zero attached hydrogens (tertiary/aromatic N) is 1. The zero-order chi connectivity index (χ0) is 10.9. The smallest absolute Gasteiger partial charge is 0.354 e. The molecule has 1 heterocycles. The molecule has 0 aliphatic carbocycles. The van der Waals surface area contributed by atoms with Crippen LogP contribution in [0.2, 0.25) is 0 Å². The van der Waals surface area contributed by atoms with Gasteiger partial charge in [0.15, 0.2) is 5.82 Å². The van der Waals surface area contributed by atoms with Crippen LogP contribution >= 0.6 is 0 Å². The predicted octanol–water partition coefficient (Wildman–Crippen LogP) is 2.16. The summed E-state index contributed by atoms with van der Waals surface area (Å²) in [6.45, 7) is 1.20. The molecule has 0 unspecified atom stereocenters. The summed E-state index contributed by atoms with van der Waals surface area (Å²) in [5.41, 5.74) is -1.87. The topological polar surface area (TPSA) is 50.2 Å². The van der Waals surface area contributed by atoms with Crippen molar-refractivity contribution >= 4 is 5.97 Å². The first-order valence-electron chi connectivity index (χ1n) is 3.62. The van der Waals surface area contributed by atoms with Crippen molar-refractivity contribution < 1.29 is 23.1 Å². The first-order chi connectivity index (χ1) is 6.43. The second-order valence-electron chi connectivity index (χ2n) is 2.63. The van der Waals surface area contributed by atoms with Crippen molar-refractivity contribution in [3.8, 4) is 0 Å². The van der Waals surface area contributed by atoms with Gasteiger partial charge in [0.05, 0.1) is 0 Å². The van der Waals surface area contributed by atoms with Crippen LogP contribution in [0.25, 0.3) is 0 Å². The molecule has 3 nitrogen and oxygen atoms in total. The van der Waals surface area contributed by atoms with Crippen LogP contribution in [0.3, 0.4) is 0 Å². The second-order valence-corrected chi connectivity index (χ2v) is 2.63. The Morgan fingerprint density at radius 1 is 1.57 bits per heavy atom. The van der Waals surface area contributed by atoms with Gasteiger partial charge in [-0.1, -0.05) is 0 Å². The lowest BCUT2D eigenvalue weighted by Crippen LogP contribution is -2.07. The average Bonchev–Trinajstić information content (AvgIpc) is 2.08. The number of rotatable bonds is 2. The van der Waals surface area contributed by atoms with Crippen molar-refractivity contribution in [3.05, 3.63) is 28.8 Å². The third-order valence-corrected chi connectivity index (χ3v) is 1.59. The van der Waals surface area contributed by atoms with Crippen molar-refractivity contribution in [1.29, 1.82) is 0 Å². The molecule has 6 heteroatoms. The van der Waals surface area contributed by atoms with Crippen LogP contribution in [-0.4, -0.2) is 16.1 Å². The van der Waals surface area contributed by atoms with Gasteiger partial charge in [0.25, 0.3) is 6.43 Å². The van der Waals surface area contributed by atoms with Gasteiger partial charge in [-0.05, 0) is 18.6 Å². The fourth-order valence-electron chi connectivity index (χ4n) is 0.936. The third kappa shape index (κ3) is 1.84. The Balaban J connectivity index is 3.35. The van der Waals surface area contributed by atoms with E-state index in [0.29, 0.717) is 0 Å². The van der Waals surface area contributed by atoms with Crippen molar-refractivity contribution in [3.63, 3.8) is 0 Å². The largest absolute Gasteiger partial charge is 0.477 e. The number of hydrogen-bond donors (Lipinski definition) is 1. The number of aromatic nitrogens is 1. The molecule has 1 aromatic heterocycles. The number of carboxylic acid groups (broad SMARTS) is 1. The highest BCUT2D eigenvalue weighted by Gasteiger charge is 2.20. The summed E-state index contributed by atoms with van der Waals surface area (Å²) < 4.78 is 37.3. The van der Waals surface area contributed by atoms with E-state index in [9.17, 15) is 18.0 Å². The highest BCUT2D eigenvalue weighted by atomic mass is 19.3. The van der Waals surface area contributed by atoms with Gasteiger partial charge in [-0.15, -0.1) is 0 Å². The lowest BCUT2D eigenvalue weighted by atomic mass is 10.2. The molecule has 0 fully saturated rings. The summed E-state index contributed by atoms with van der Waals surface area (Å²) in [6.07, 6.45) is -3.12. The van der Waals surface area contributed by atoms with E-state index in [-0.39, 0.29) is 5.56 Å². The molecule has 0 aromatic carbocycles. The Kier molecular flexibility index (Phi) is 2.73. The van der Waals surface area contributed by atoms with Gasteiger partial charge in [0.2, 0.25) is 0 Å². The molecule has 0 spiro atoms. The van der Waals surface area contributed by atoms with Gasteiger partial charge in [0, 0.05) is 0 Å². The van der Waals surface area contributed by atoms with E-state index < -0.39 is 29.6 Å². The molecule has 14 heavy (non-hydrogen) atoms. The van der Waals surface area contributed by atoms with Gasteiger partial charge >= 0.3 is 5.97 Å². The fourth-order valence-corrected chi connectivity index (χ4v) is 0.936. The number of carbonyl (C=O) groups is 1. The van der Waals surface area contributed by atoms with Crippen molar-refractivity contribution in [2.75, 3.05) is 0 Å². The van der Waals surface area contributed by atoms with Crippen LogP contribution < -0.4 is 0 Å². The first-order valence-corrected chi connectivity index (χ1v) is 3.62. The molecule has 0 amide bonds. The van der Waals surface area contributed by atoms with Crippen LogP contribution in [0.5, 0.6) is 0 Å². The van der Waals surface area contributed by atoms with E-state index in [1.54, 1.807) is 0 Å². The highest BCUT2D eigenvalue weighted by molar-refractivity contribution is 5.85. The lowest BCUT2D eigenvalue weighted by molar-refractivity contribution is 0.0688. The number of halogens is 3. The van der Waals surface area contributed by atoms with E-state index in [0.717, 1.165) is 6.07 Å². The van der Waals surface area contributed by atoms with Crippen LogP contribution in [0.1, 0.15) is 28.2 Å². The maximum Gasteiger partial charge on any atom is 0.354 e. The van der Waals surface area contributed by atoms with E-state index in [2.05, 4.69) is 4.98 Å². The number of hydrogen-bond acceptors (Lipinski definition) is 2. The Labute approximate surface area is 77.2 Å². The van der Waals surface area contributed by atoms with E-state index in [1.807, 2.05) is 0 Å². The summed E-state index contributed by atoms with van der Waals surface area (Å²) in [6, 6.07) is 0.906. The maximum atomic E-state index is 13.0. The van der Waals surface area contributed by atoms with Gasteiger partial charge in [-0.25, -0.2) is 22.9 Å². The predicted molar refractivity (Wildman–Crippen MR) is 40.8 cm³/mol. The monoisotopic (exact) mass is 205 g/mol. The zero-order valence-corrected chi connectivity index (χ0v) is 7.09. The number of alkyl halides is 2. The van der Waals surface area contributed by atoms with Crippen molar-refractivity contribution in [1.82, 2.24) is 4.98 Å². The summed E-state index contributed by atoms with van der Waals surface area (Å²) in [5, 5.41) is 8.48. The summed E-state index contributed by atoms with van der Waals surface area (Å²) in [4.78, 5) is 13.4.